The molecule has 0 bridgehead atoms. The van der Waals surface area contributed by atoms with Crippen molar-refractivity contribution in [3.8, 4) is 6.07 Å². The molecule has 0 amide bonds. The van der Waals surface area contributed by atoms with E-state index in [1.807, 2.05) is 19.2 Å². The van der Waals surface area contributed by atoms with Crippen molar-refractivity contribution >= 4 is 17.5 Å². The SMILES string of the molecule is C=C(NC)c1cccc(CCNc2ncc(C#N)c(N[C@@H]3CC[C@H](O)C(C)(C)C3)n2)c1. The molecule has 1 aliphatic rings. The number of hydrogen-bond donors (Lipinski definition) is 4. The molecule has 0 radical (unpaired) electrons. The van der Waals surface area contributed by atoms with Crippen LogP contribution in [-0.4, -0.2) is 40.8 Å². The number of rotatable bonds is 8. The van der Waals surface area contributed by atoms with Crippen molar-refractivity contribution in [2.24, 2.45) is 5.41 Å². The molecule has 7 nitrogen and oxygen atoms in total. The Bertz CT molecular complexity index is 965. The van der Waals surface area contributed by atoms with E-state index in [-0.39, 0.29) is 17.6 Å². The molecule has 3 rings (SSSR count). The highest BCUT2D eigenvalue weighted by atomic mass is 16.3. The normalized spacial score (nSPS) is 19.8. The van der Waals surface area contributed by atoms with Crippen molar-refractivity contribution in [3.05, 3.63) is 53.7 Å². The van der Waals surface area contributed by atoms with Crippen LogP contribution < -0.4 is 16.0 Å². The average Bonchev–Trinajstić information content (AvgIpc) is 2.76. The van der Waals surface area contributed by atoms with Crippen LogP contribution in [0.1, 0.15) is 49.8 Å². The summed E-state index contributed by atoms with van der Waals surface area (Å²) in [4.78, 5) is 8.84. The fourth-order valence-electron chi connectivity index (χ4n) is 3.98. The molecule has 31 heavy (non-hydrogen) atoms. The molecule has 0 unspecified atom stereocenters. The maximum atomic E-state index is 10.2. The first-order valence-corrected chi connectivity index (χ1v) is 10.7. The minimum atomic E-state index is -0.299. The van der Waals surface area contributed by atoms with Gasteiger partial charge in [-0.3, -0.25) is 0 Å². The largest absolute Gasteiger partial charge is 0.393 e. The van der Waals surface area contributed by atoms with Crippen LogP contribution in [0.2, 0.25) is 0 Å². The lowest BCUT2D eigenvalue weighted by Gasteiger charge is -2.40. The first-order chi connectivity index (χ1) is 14.8. The molecule has 0 aliphatic heterocycles. The number of aliphatic hydroxyl groups excluding tert-OH is 1. The number of nitriles is 1. The molecule has 7 heteroatoms. The highest BCUT2D eigenvalue weighted by molar-refractivity contribution is 5.62. The Balaban J connectivity index is 1.63. The van der Waals surface area contributed by atoms with Gasteiger partial charge >= 0.3 is 0 Å². The molecule has 4 N–H and O–H groups in total. The van der Waals surface area contributed by atoms with E-state index in [1.165, 1.54) is 5.56 Å². The van der Waals surface area contributed by atoms with Crippen molar-refractivity contribution in [1.82, 2.24) is 15.3 Å². The van der Waals surface area contributed by atoms with Gasteiger partial charge in [0.25, 0.3) is 0 Å². The highest BCUT2D eigenvalue weighted by Gasteiger charge is 2.35. The standard InChI is InChI=1S/C24H32N6O/c1-16(26-4)18-7-5-6-17(12-18)10-11-27-23-28-15-19(14-25)22(30-23)29-20-8-9-21(31)24(2,3)13-20/h5-7,12,15,20-21,26,31H,1,8-11,13H2,2-4H3,(H2,27,28,29,30)/t20-,21+/m1/s1. The Hall–Kier alpha value is -3.11. The third-order valence-electron chi connectivity index (χ3n) is 5.99. The van der Waals surface area contributed by atoms with Gasteiger partial charge in [-0.15, -0.1) is 0 Å². The minimum absolute atomic E-state index is 0.163. The summed E-state index contributed by atoms with van der Waals surface area (Å²) in [7, 11) is 1.86. The van der Waals surface area contributed by atoms with Crippen LogP contribution in [0.3, 0.4) is 0 Å². The van der Waals surface area contributed by atoms with Gasteiger partial charge in [-0.2, -0.15) is 10.2 Å². The van der Waals surface area contributed by atoms with Gasteiger partial charge in [-0.05, 0) is 48.3 Å². The Morgan fingerprint density at radius 3 is 2.87 bits per heavy atom. The highest BCUT2D eigenvalue weighted by Crippen LogP contribution is 2.36. The van der Waals surface area contributed by atoms with Crippen LogP contribution in [0, 0.1) is 16.7 Å². The minimum Gasteiger partial charge on any atom is -0.393 e. The third-order valence-corrected chi connectivity index (χ3v) is 5.99. The van der Waals surface area contributed by atoms with Crippen molar-refractivity contribution in [2.75, 3.05) is 24.2 Å². The molecule has 2 atom stereocenters. The molecule has 1 aromatic heterocycles. The van der Waals surface area contributed by atoms with E-state index in [1.54, 1.807) is 6.20 Å². The van der Waals surface area contributed by atoms with E-state index < -0.39 is 0 Å². The Morgan fingerprint density at radius 1 is 1.35 bits per heavy atom. The summed E-state index contributed by atoms with van der Waals surface area (Å²) in [6.45, 7) is 8.82. The van der Waals surface area contributed by atoms with Gasteiger partial charge in [0.1, 0.15) is 17.5 Å². The first kappa shape index (κ1) is 22.6. The number of aromatic nitrogens is 2. The van der Waals surface area contributed by atoms with Crippen molar-refractivity contribution in [2.45, 2.75) is 51.7 Å². The molecule has 0 spiro atoms. The van der Waals surface area contributed by atoms with E-state index in [2.05, 4.69) is 64.5 Å². The van der Waals surface area contributed by atoms with Crippen molar-refractivity contribution in [3.63, 3.8) is 0 Å². The van der Waals surface area contributed by atoms with Crippen LogP contribution in [0.5, 0.6) is 0 Å². The second-order valence-electron chi connectivity index (χ2n) is 8.80. The summed E-state index contributed by atoms with van der Waals surface area (Å²) in [6.07, 6.45) is 4.47. The van der Waals surface area contributed by atoms with Gasteiger partial charge < -0.3 is 21.1 Å². The smallest absolute Gasteiger partial charge is 0.224 e. The third kappa shape index (κ3) is 5.74. The van der Waals surface area contributed by atoms with Crippen LogP contribution in [0.4, 0.5) is 11.8 Å². The molecule has 1 heterocycles. The fraction of sp³-hybridized carbons (Fsp3) is 0.458. The number of nitrogens with one attached hydrogen (secondary N) is 3. The van der Waals surface area contributed by atoms with E-state index in [0.29, 0.717) is 23.9 Å². The number of aliphatic hydroxyl groups is 1. The van der Waals surface area contributed by atoms with Gasteiger partial charge in [0.05, 0.1) is 12.3 Å². The molecule has 2 aromatic rings. The molecule has 1 fully saturated rings. The maximum absolute atomic E-state index is 10.2. The predicted molar refractivity (Wildman–Crippen MR) is 125 cm³/mol. The topological polar surface area (TPSA) is 106 Å². The number of benzene rings is 1. The summed E-state index contributed by atoms with van der Waals surface area (Å²) >= 11 is 0. The molecular formula is C24H32N6O. The summed E-state index contributed by atoms with van der Waals surface area (Å²) < 4.78 is 0. The monoisotopic (exact) mass is 420 g/mol. The summed E-state index contributed by atoms with van der Waals surface area (Å²) in [6, 6.07) is 10.6. The maximum Gasteiger partial charge on any atom is 0.224 e. The number of nitrogens with zero attached hydrogens (tertiary/aromatic N) is 3. The molecule has 164 valence electrons. The van der Waals surface area contributed by atoms with Gasteiger partial charge in [0.2, 0.25) is 5.95 Å². The Labute approximate surface area is 184 Å². The molecular weight excluding hydrogens is 388 g/mol. The lowest BCUT2D eigenvalue weighted by Crippen LogP contribution is -2.41. The second-order valence-corrected chi connectivity index (χ2v) is 8.80. The fourth-order valence-corrected chi connectivity index (χ4v) is 3.98. The van der Waals surface area contributed by atoms with Gasteiger partial charge in [-0.25, -0.2) is 4.98 Å². The summed E-state index contributed by atoms with van der Waals surface area (Å²) in [5.41, 5.74) is 3.41. The lowest BCUT2D eigenvalue weighted by atomic mass is 9.73. The zero-order chi connectivity index (χ0) is 22.4. The van der Waals surface area contributed by atoms with Gasteiger partial charge in [0.15, 0.2) is 0 Å². The average molecular weight is 421 g/mol. The Morgan fingerprint density at radius 2 is 2.16 bits per heavy atom. The van der Waals surface area contributed by atoms with Gasteiger partial charge in [0, 0.05) is 25.3 Å². The lowest BCUT2D eigenvalue weighted by molar-refractivity contribution is 0.00926. The van der Waals surface area contributed by atoms with E-state index in [9.17, 15) is 10.4 Å². The Kier molecular flexibility index (Phi) is 7.13. The van der Waals surface area contributed by atoms with E-state index in [4.69, 9.17) is 0 Å². The second kappa shape index (κ2) is 9.80. The van der Waals surface area contributed by atoms with Crippen molar-refractivity contribution < 1.29 is 5.11 Å². The summed E-state index contributed by atoms with van der Waals surface area (Å²) in [5.74, 6) is 1.04. The quantitative estimate of drug-likeness (QED) is 0.517. The van der Waals surface area contributed by atoms with E-state index in [0.717, 1.165) is 36.9 Å². The zero-order valence-electron chi connectivity index (χ0n) is 18.6. The molecule has 1 aromatic carbocycles. The van der Waals surface area contributed by atoms with E-state index >= 15 is 0 Å². The number of anilines is 2. The molecule has 0 saturated heterocycles. The molecule has 1 saturated carbocycles. The van der Waals surface area contributed by atoms with Crippen LogP contribution in [0.15, 0.2) is 37.0 Å². The predicted octanol–water partition coefficient (Wildman–Crippen LogP) is 3.54. The molecule has 1 aliphatic carbocycles. The van der Waals surface area contributed by atoms with Crippen LogP contribution in [-0.2, 0) is 6.42 Å². The summed E-state index contributed by atoms with van der Waals surface area (Å²) in [5, 5.41) is 29.4. The van der Waals surface area contributed by atoms with Crippen LogP contribution >= 0.6 is 0 Å². The van der Waals surface area contributed by atoms with Gasteiger partial charge in [-0.1, -0.05) is 38.6 Å². The van der Waals surface area contributed by atoms with Crippen molar-refractivity contribution in [1.29, 1.82) is 5.26 Å². The van der Waals surface area contributed by atoms with Crippen LogP contribution in [0.25, 0.3) is 5.70 Å². The first-order valence-electron chi connectivity index (χ1n) is 10.7. The zero-order valence-corrected chi connectivity index (χ0v) is 18.6. The number of hydrogen-bond acceptors (Lipinski definition) is 7.